The highest BCUT2D eigenvalue weighted by Gasteiger charge is 2.25. The number of amides is 2. The van der Waals surface area contributed by atoms with Gasteiger partial charge in [0, 0.05) is 18.8 Å². The Morgan fingerprint density at radius 3 is 2.92 bits per heavy atom. The fourth-order valence-corrected chi connectivity index (χ4v) is 3.30. The van der Waals surface area contributed by atoms with Crippen molar-refractivity contribution in [3.8, 4) is 0 Å². The maximum absolute atomic E-state index is 12.1. The zero-order valence-corrected chi connectivity index (χ0v) is 14.8. The minimum atomic E-state index is -0.125. The van der Waals surface area contributed by atoms with Gasteiger partial charge in [-0.05, 0) is 63.4 Å². The Hall–Kier alpha value is -2.28. The molecule has 3 N–H and O–H groups in total. The molecule has 2 aromatic heterocycles. The number of rotatable bonds is 8. The van der Waals surface area contributed by atoms with Crippen molar-refractivity contribution in [3.05, 3.63) is 41.6 Å². The third kappa shape index (κ3) is 4.85. The fourth-order valence-electron chi connectivity index (χ4n) is 3.30. The Balaban J connectivity index is 1.40. The number of likely N-dealkylation sites (tertiary alicyclic amines) is 1. The van der Waals surface area contributed by atoms with Gasteiger partial charge in [-0.2, -0.15) is 5.10 Å². The topological polar surface area (TPSA) is 86.2 Å². The van der Waals surface area contributed by atoms with Crippen molar-refractivity contribution in [2.24, 2.45) is 0 Å². The molecule has 25 heavy (non-hydrogen) atoms. The SMILES string of the molecule is Cc1[nH]ncc1CCCNC(=O)NC[C@@H](c1ccco1)N1CCCC1. The molecule has 0 aromatic carbocycles. The summed E-state index contributed by atoms with van der Waals surface area (Å²) < 4.78 is 5.57. The van der Waals surface area contributed by atoms with Gasteiger partial charge in [0.25, 0.3) is 0 Å². The Labute approximate surface area is 148 Å². The molecule has 0 unspecified atom stereocenters. The van der Waals surface area contributed by atoms with Crippen LogP contribution in [0.1, 0.15) is 42.3 Å². The minimum Gasteiger partial charge on any atom is -0.468 e. The van der Waals surface area contributed by atoms with E-state index in [0.29, 0.717) is 13.1 Å². The molecule has 2 amide bonds. The fraction of sp³-hybridized carbons (Fsp3) is 0.556. The number of carbonyl (C=O) groups is 1. The van der Waals surface area contributed by atoms with E-state index in [1.807, 2.05) is 25.3 Å². The molecular weight excluding hydrogens is 318 g/mol. The monoisotopic (exact) mass is 345 g/mol. The lowest BCUT2D eigenvalue weighted by molar-refractivity contribution is 0.203. The van der Waals surface area contributed by atoms with Crippen LogP contribution in [0.4, 0.5) is 4.79 Å². The van der Waals surface area contributed by atoms with E-state index in [9.17, 15) is 4.79 Å². The summed E-state index contributed by atoms with van der Waals surface area (Å²) in [6.45, 7) is 5.32. The summed E-state index contributed by atoms with van der Waals surface area (Å²) in [5.74, 6) is 0.914. The number of hydrogen-bond acceptors (Lipinski definition) is 4. The highest BCUT2D eigenvalue weighted by atomic mass is 16.3. The summed E-state index contributed by atoms with van der Waals surface area (Å²) in [7, 11) is 0. The molecule has 7 heteroatoms. The van der Waals surface area contributed by atoms with Crippen molar-refractivity contribution in [3.63, 3.8) is 0 Å². The van der Waals surface area contributed by atoms with Crippen molar-refractivity contribution in [2.45, 2.75) is 38.6 Å². The van der Waals surface area contributed by atoms with Gasteiger partial charge < -0.3 is 15.1 Å². The highest BCUT2D eigenvalue weighted by molar-refractivity contribution is 5.73. The molecule has 3 rings (SSSR count). The summed E-state index contributed by atoms with van der Waals surface area (Å²) in [6, 6.07) is 3.86. The quantitative estimate of drug-likeness (QED) is 0.641. The normalized spacial score (nSPS) is 16.0. The van der Waals surface area contributed by atoms with Gasteiger partial charge >= 0.3 is 6.03 Å². The molecule has 1 aliphatic heterocycles. The van der Waals surface area contributed by atoms with E-state index in [1.54, 1.807) is 6.26 Å². The standard InChI is InChI=1S/C18H27N5O2/c1-14-15(12-21-22-14)6-4-8-19-18(24)20-13-16(17-7-5-11-25-17)23-9-2-3-10-23/h5,7,11-12,16H,2-4,6,8-10,13H2,1H3,(H,21,22)(H2,19,20,24)/t16-/m0/s1. The number of urea groups is 1. The van der Waals surface area contributed by atoms with Crippen LogP contribution in [0.2, 0.25) is 0 Å². The van der Waals surface area contributed by atoms with Crippen molar-refractivity contribution < 1.29 is 9.21 Å². The molecule has 136 valence electrons. The van der Waals surface area contributed by atoms with Gasteiger partial charge in [0.05, 0.1) is 18.5 Å². The summed E-state index contributed by atoms with van der Waals surface area (Å²) in [6.07, 6.45) is 7.75. The van der Waals surface area contributed by atoms with E-state index < -0.39 is 0 Å². The molecule has 1 saturated heterocycles. The maximum Gasteiger partial charge on any atom is 0.314 e. The lowest BCUT2D eigenvalue weighted by Gasteiger charge is -2.26. The lowest BCUT2D eigenvalue weighted by atomic mass is 10.1. The van der Waals surface area contributed by atoms with E-state index in [4.69, 9.17) is 4.42 Å². The molecule has 1 atom stereocenters. The molecule has 7 nitrogen and oxygen atoms in total. The molecule has 0 saturated carbocycles. The third-order valence-corrected chi connectivity index (χ3v) is 4.75. The third-order valence-electron chi connectivity index (χ3n) is 4.75. The van der Waals surface area contributed by atoms with E-state index in [-0.39, 0.29) is 12.1 Å². The predicted octanol–water partition coefficient (Wildman–Crippen LogP) is 2.38. The molecule has 0 spiro atoms. The van der Waals surface area contributed by atoms with Crippen LogP contribution >= 0.6 is 0 Å². The second-order valence-corrected chi connectivity index (χ2v) is 6.53. The van der Waals surface area contributed by atoms with Crippen molar-refractivity contribution >= 4 is 6.03 Å². The van der Waals surface area contributed by atoms with Gasteiger partial charge in [-0.3, -0.25) is 10.00 Å². The first kappa shape index (κ1) is 17.5. The molecule has 0 radical (unpaired) electrons. The molecule has 3 heterocycles. The number of hydrogen-bond donors (Lipinski definition) is 3. The van der Waals surface area contributed by atoms with E-state index in [2.05, 4.69) is 25.7 Å². The first-order chi connectivity index (χ1) is 12.2. The molecule has 2 aromatic rings. The zero-order valence-electron chi connectivity index (χ0n) is 14.8. The van der Waals surface area contributed by atoms with Gasteiger partial charge in [0.1, 0.15) is 5.76 Å². The zero-order chi connectivity index (χ0) is 17.5. The molecule has 0 aliphatic carbocycles. The number of aryl methyl sites for hydroxylation is 2. The Morgan fingerprint density at radius 2 is 2.24 bits per heavy atom. The van der Waals surface area contributed by atoms with Gasteiger partial charge in [0.2, 0.25) is 0 Å². The largest absolute Gasteiger partial charge is 0.468 e. The van der Waals surface area contributed by atoms with Crippen LogP contribution in [0.15, 0.2) is 29.0 Å². The van der Waals surface area contributed by atoms with Crippen molar-refractivity contribution in [2.75, 3.05) is 26.2 Å². The second kappa shape index (κ2) is 8.71. The molecule has 1 aliphatic rings. The van der Waals surface area contributed by atoms with E-state index in [0.717, 1.165) is 37.4 Å². The van der Waals surface area contributed by atoms with Gasteiger partial charge in [-0.15, -0.1) is 0 Å². The highest BCUT2D eigenvalue weighted by Crippen LogP contribution is 2.24. The summed E-state index contributed by atoms with van der Waals surface area (Å²) in [5.41, 5.74) is 2.30. The number of aromatic amines is 1. The summed E-state index contributed by atoms with van der Waals surface area (Å²) in [4.78, 5) is 14.4. The first-order valence-electron chi connectivity index (χ1n) is 9.02. The number of aromatic nitrogens is 2. The van der Waals surface area contributed by atoms with Crippen molar-refractivity contribution in [1.82, 2.24) is 25.7 Å². The van der Waals surface area contributed by atoms with Crippen LogP contribution in [0.3, 0.4) is 0 Å². The number of carbonyl (C=O) groups excluding carboxylic acids is 1. The second-order valence-electron chi connectivity index (χ2n) is 6.53. The van der Waals surface area contributed by atoms with Crippen LogP contribution in [0.25, 0.3) is 0 Å². The smallest absolute Gasteiger partial charge is 0.314 e. The first-order valence-corrected chi connectivity index (χ1v) is 9.02. The Kier molecular flexibility index (Phi) is 6.11. The minimum absolute atomic E-state index is 0.108. The average molecular weight is 345 g/mol. The number of H-pyrrole nitrogens is 1. The van der Waals surface area contributed by atoms with Crippen LogP contribution in [0.5, 0.6) is 0 Å². The number of nitrogens with zero attached hydrogens (tertiary/aromatic N) is 2. The van der Waals surface area contributed by atoms with Gasteiger partial charge in [-0.25, -0.2) is 4.79 Å². The molecule has 1 fully saturated rings. The lowest BCUT2D eigenvalue weighted by Crippen LogP contribution is -2.41. The summed E-state index contributed by atoms with van der Waals surface area (Å²) >= 11 is 0. The van der Waals surface area contributed by atoms with Gasteiger partial charge in [0.15, 0.2) is 0 Å². The summed E-state index contributed by atoms with van der Waals surface area (Å²) in [5, 5.41) is 12.8. The van der Waals surface area contributed by atoms with Gasteiger partial charge in [-0.1, -0.05) is 0 Å². The molecule has 0 bridgehead atoms. The Bertz CT molecular complexity index is 646. The van der Waals surface area contributed by atoms with Crippen LogP contribution in [0, 0.1) is 6.92 Å². The van der Waals surface area contributed by atoms with Crippen molar-refractivity contribution in [1.29, 1.82) is 0 Å². The Morgan fingerprint density at radius 1 is 1.40 bits per heavy atom. The van der Waals surface area contributed by atoms with Crippen LogP contribution < -0.4 is 10.6 Å². The predicted molar refractivity (Wildman–Crippen MR) is 95.3 cm³/mol. The van der Waals surface area contributed by atoms with Crippen LogP contribution in [-0.2, 0) is 6.42 Å². The number of furan rings is 1. The number of nitrogens with one attached hydrogen (secondary N) is 3. The molecular formula is C18H27N5O2. The maximum atomic E-state index is 12.1. The van der Waals surface area contributed by atoms with E-state index >= 15 is 0 Å². The average Bonchev–Trinajstić information content (AvgIpc) is 3.36. The van der Waals surface area contributed by atoms with Crippen LogP contribution in [-0.4, -0.2) is 47.3 Å². The van der Waals surface area contributed by atoms with E-state index in [1.165, 1.54) is 18.4 Å².